The van der Waals surface area contributed by atoms with Gasteiger partial charge in [0.05, 0.1) is 11.2 Å². The van der Waals surface area contributed by atoms with Crippen LogP contribution < -0.4 is 5.73 Å². The third-order valence-electron chi connectivity index (χ3n) is 1.83. The Balaban J connectivity index is 3.19. The Kier molecular flexibility index (Phi) is 2.35. The first kappa shape index (κ1) is 11.0. The third kappa shape index (κ3) is 2.06. The van der Waals surface area contributed by atoms with Gasteiger partial charge >= 0.3 is 6.18 Å². The van der Waals surface area contributed by atoms with E-state index in [9.17, 15) is 13.2 Å². The zero-order valence-electron chi connectivity index (χ0n) is 8.18. The summed E-state index contributed by atoms with van der Waals surface area (Å²) in [4.78, 5) is 0. The molecule has 0 radical (unpaired) electrons. The normalized spacial score (nSPS) is 13.4. The van der Waals surface area contributed by atoms with Crippen molar-refractivity contribution in [3.63, 3.8) is 0 Å². The molecule has 0 aliphatic rings. The van der Waals surface area contributed by atoms with Gasteiger partial charge in [-0.15, -0.1) is 0 Å². The minimum Gasteiger partial charge on any atom is -0.321 e. The summed E-state index contributed by atoms with van der Waals surface area (Å²) < 4.78 is 37.9. The lowest BCUT2D eigenvalue weighted by atomic mass is 10.0. The molecule has 0 fully saturated rings. The Morgan fingerprint density at radius 1 is 1.36 bits per heavy atom. The highest BCUT2D eigenvalue weighted by Gasteiger charge is 2.36. The second kappa shape index (κ2) is 2.98. The molecule has 6 heteroatoms. The molecule has 0 aliphatic carbocycles. The van der Waals surface area contributed by atoms with Crippen LogP contribution >= 0.6 is 0 Å². The Morgan fingerprint density at radius 2 is 1.86 bits per heavy atom. The molecule has 0 aliphatic heterocycles. The van der Waals surface area contributed by atoms with Crippen molar-refractivity contribution in [2.45, 2.75) is 25.6 Å². The monoisotopic (exact) mass is 207 g/mol. The smallest absolute Gasteiger partial charge is 0.321 e. The lowest BCUT2D eigenvalue weighted by Gasteiger charge is -2.18. The fraction of sp³-hybridized carbons (Fsp3) is 0.625. The Hall–Kier alpha value is -1.04. The summed E-state index contributed by atoms with van der Waals surface area (Å²) >= 11 is 0. The number of halogens is 3. The molecule has 0 amide bonds. The van der Waals surface area contributed by atoms with Crippen molar-refractivity contribution in [2.24, 2.45) is 12.8 Å². The van der Waals surface area contributed by atoms with Crippen LogP contribution in [-0.4, -0.2) is 9.78 Å². The summed E-state index contributed by atoms with van der Waals surface area (Å²) in [7, 11) is 1.44. The van der Waals surface area contributed by atoms with E-state index >= 15 is 0 Å². The minimum atomic E-state index is -4.42. The van der Waals surface area contributed by atoms with E-state index in [0.29, 0.717) is 5.69 Å². The van der Waals surface area contributed by atoms with Crippen molar-refractivity contribution >= 4 is 0 Å². The molecular weight excluding hydrogens is 195 g/mol. The molecular formula is C8H12F3N3. The SMILES string of the molecule is Cn1nc(C(F)(F)F)cc1C(C)(C)N. The first-order valence-corrected chi connectivity index (χ1v) is 4.03. The molecule has 1 aromatic rings. The first-order chi connectivity index (χ1) is 6.12. The molecule has 0 saturated carbocycles. The van der Waals surface area contributed by atoms with E-state index < -0.39 is 17.4 Å². The molecule has 3 nitrogen and oxygen atoms in total. The van der Waals surface area contributed by atoms with Crippen LogP contribution in [0.2, 0.25) is 0 Å². The van der Waals surface area contributed by atoms with Crippen molar-refractivity contribution in [1.29, 1.82) is 0 Å². The van der Waals surface area contributed by atoms with Crippen molar-refractivity contribution in [2.75, 3.05) is 0 Å². The van der Waals surface area contributed by atoms with Crippen LogP contribution in [0.4, 0.5) is 13.2 Å². The van der Waals surface area contributed by atoms with Gasteiger partial charge in [0, 0.05) is 7.05 Å². The van der Waals surface area contributed by atoms with Gasteiger partial charge in [0.1, 0.15) is 0 Å². The van der Waals surface area contributed by atoms with Gasteiger partial charge in [0.15, 0.2) is 5.69 Å². The first-order valence-electron chi connectivity index (χ1n) is 4.03. The number of hydrogen-bond acceptors (Lipinski definition) is 2. The van der Waals surface area contributed by atoms with Gasteiger partial charge in [0.2, 0.25) is 0 Å². The second-order valence-electron chi connectivity index (χ2n) is 3.76. The van der Waals surface area contributed by atoms with E-state index in [0.717, 1.165) is 10.7 Å². The maximum atomic E-state index is 12.3. The van der Waals surface area contributed by atoms with Gasteiger partial charge in [-0.05, 0) is 19.9 Å². The average molecular weight is 207 g/mol. The molecule has 1 aromatic heterocycles. The summed E-state index contributed by atoms with van der Waals surface area (Å²) in [6.45, 7) is 3.26. The zero-order valence-corrected chi connectivity index (χ0v) is 8.18. The lowest BCUT2D eigenvalue weighted by Crippen LogP contribution is -2.31. The van der Waals surface area contributed by atoms with Crippen molar-refractivity contribution in [3.8, 4) is 0 Å². The molecule has 0 bridgehead atoms. The molecule has 0 unspecified atom stereocenters. The molecule has 1 rings (SSSR count). The number of nitrogens with zero attached hydrogens (tertiary/aromatic N) is 2. The fourth-order valence-electron chi connectivity index (χ4n) is 1.21. The Morgan fingerprint density at radius 3 is 2.07 bits per heavy atom. The van der Waals surface area contributed by atoms with Crippen LogP contribution in [0.3, 0.4) is 0 Å². The van der Waals surface area contributed by atoms with E-state index in [4.69, 9.17) is 5.73 Å². The summed E-state index contributed by atoms with van der Waals surface area (Å²) in [6, 6.07) is 0.972. The molecule has 0 atom stereocenters. The van der Waals surface area contributed by atoms with Crippen LogP contribution in [0, 0.1) is 0 Å². The molecule has 80 valence electrons. The van der Waals surface area contributed by atoms with Crippen molar-refractivity contribution in [3.05, 3.63) is 17.5 Å². The van der Waals surface area contributed by atoms with Gasteiger partial charge < -0.3 is 5.73 Å². The predicted molar refractivity (Wildman–Crippen MR) is 45.4 cm³/mol. The van der Waals surface area contributed by atoms with E-state index in [1.807, 2.05) is 0 Å². The number of rotatable bonds is 1. The molecule has 1 heterocycles. The van der Waals surface area contributed by atoms with Crippen molar-refractivity contribution < 1.29 is 13.2 Å². The highest BCUT2D eigenvalue weighted by atomic mass is 19.4. The lowest BCUT2D eigenvalue weighted by molar-refractivity contribution is -0.141. The highest BCUT2D eigenvalue weighted by molar-refractivity contribution is 5.19. The van der Waals surface area contributed by atoms with Crippen LogP contribution in [0.1, 0.15) is 25.2 Å². The molecule has 0 saturated heterocycles. The topological polar surface area (TPSA) is 43.8 Å². The molecule has 0 aromatic carbocycles. The second-order valence-corrected chi connectivity index (χ2v) is 3.76. The number of aryl methyl sites for hydroxylation is 1. The average Bonchev–Trinajstić information content (AvgIpc) is 2.27. The van der Waals surface area contributed by atoms with Crippen LogP contribution in [0.25, 0.3) is 0 Å². The molecule has 0 spiro atoms. The number of alkyl halides is 3. The summed E-state index contributed by atoms with van der Waals surface area (Å²) in [5.41, 5.74) is 4.30. The molecule has 2 N–H and O–H groups in total. The van der Waals surface area contributed by atoms with Gasteiger partial charge in [-0.1, -0.05) is 0 Å². The number of hydrogen-bond donors (Lipinski definition) is 1. The van der Waals surface area contributed by atoms with Gasteiger partial charge in [0.25, 0.3) is 0 Å². The minimum absolute atomic E-state index is 0.352. The molecule has 14 heavy (non-hydrogen) atoms. The zero-order chi connectivity index (χ0) is 11.1. The van der Waals surface area contributed by atoms with Crippen molar-refractivity contribution in [1.82, 2.24) is 9.78 Å². The van der Waals surface area contributed by atoms with Crippen LogP contribution in [0.15, 0.2) is 6.07 Å². The van der Waals surface area contributed by atoms with Gasteiger partial charge in [-0.2, -0.15) is 18.3 Å². The van der Waals surface area contributed by atoms with E-state index in [2.05, 4.69) is 5.10 Å². The maximum Gasteiger partial charge on any atom is 0.435 e. The summed E-state index contributed by atoms with van der Waals surface area (Å²) in [5, 5.41) is 3.36. The highest BCUT2D eigenvalue weighted by Crippen LogP contribution is 2.30. The van der Waals surface area contributed by atoms with Crippen LogP contribution in [-0.2, 0) is 18.8 Å². The largest absolute Gasteiger partial charge is 0.435 e. The summed E-state index contributed by atoms with van der Waals surface area (Å²) in [5.74, 6) is 0. The Labute approximate surface area is 79.7 Å². The standard InChI is InChI=1S/C8H12F3N3/c1-7(2,12)6-4-5(8(9,10)11)13-14(6)3/h4H,12H2,1-3H3. The maximum absolute atomic E-state index is 12.3. The van der Waals surface area contributed by atoms with Gasteiger partial charge in [-0.25, -0.2) is 0 Å². The van der Waals surface area contributed by atoms with E-state index in [-0.39, 0.29) is 0 Å². The van der Waals surface area contributed by atoms with Gasteiger partial charge in [-0.3, -0.25) is 4.68 Å². The predicted octanol–water partition coefficient (Wildman–Crippen LogP) is 1.63. The Bertz CT molecular complexity index is 333. The third-order valence-corrected chi connectivity index (χ3v) is 1.83. The van der Waals surface area contributed by atoms with E-state index in [1.54, 1.807) is 13.8 Å². The fourth-order valence-corrected chi connectivity index (χ4v) is 1.21. The van der Waals surface area contributed by atoms with Crippen LogP contribution in [0.5, 0.6) is 0 Å². The summed E-state index contributed by atoms with van der Waals surface area (Å²) in [6.07, 6.45) is -4.42. The van der Waals surface area contributed by atoms with E-state index in [1.165, 1.54) is 7.05 Å². The number of nitrogens with two attached hydrogens (primary N) is 1. The number of aromatic nitrogens is 2. The quantitative estimate of drug-likeness (QED) is 0.760.